The van der Waals surface area contributed by atoms with Crippen molar-refractivity contribution < 1.29 is 19.8 Å². The van der Waals surface area contributed by atoms with Crippen LogP contribution in [0, 0.1) is 5.92 Å². The van der Waals surface area contributed by atoms with Crippen LogP contribution in [-0.4, -0.2) is 44.4 Å². The molecule has 2 amide bonds. The second-order valence-corrected chi connectivity index (χ2v) is 6.93. The van der Waals surface area contributed by atoms with Gasteiger partial charge in [-0.05, 0) is 36.6 Å². The Morgan fingerprint density at radius 2 is 2.00 bits per heavy atom. The number of hydrogen-bond donors (Lipinski definition) is 3. The normalized spacial score (nSPS) is 22.6. The lowest BCUT2D eigenvalue weighted by atomic mass is 9.81. The third kappa shape index (κ3) is 4.04. The van der Waals surface area contributed by atoms with Crippen LogP contribution in [0.2, 0.25) is 5.15 Å². The van der Waals surface area contributed by atoms with Crippen molar-refractivity contribution >= 4 is 23.6 Å². The molecule has 3 N–H and O–H groups in total. The van der Waals surface area contributed by atoms with Crippen molar-refractivity contribution in [1.29, 1.82) is 0 Å². The lowest BCUT2D eigenvalue weighted by molar-refractivity contribution is -0.180. The third-order valence-corrected chi connectivity index (χ3v) is 4.97. The van der Waals surface area contributed by atoms with Crippen molar-refractivity contribution in [3.8, 4) is 0 Å². The molecule has 1 aliphatic heterocycles. The van der Waals surface area contributed by atoms with Crippen LogP contribution < -0.4 is 5.32 Å². The molecule has 142 valence electrons. The first kappa shape index (κ1) is 19.1. The van der Waals surface area contributed by atoms with Crippen molar-refractivity contribution in [2.75, 3.05) is 0 Å². The minimum absolute atomic E-state index is 0.276. The molecule has 2 heterocycles. The molecule has 27 heavy (non-hydrogen) atoms. The molecule has 0 aliphatic carbocycles. The van der Waals surface area contributed by atoms with Gasteiger partial charge < -0.3 is 15.5 Å². The zero-order valence-corrected chi connectivity index (χ0v) is 15.4. The quantitative estimate of drug-likeness (QED) is 0.681. The molecule has 1 aromatic heterocycles. The van der Waals surface area contributed by atoms with Gasteiger partial charge in [-0.3, -0.25) is 4.90 Å². The second kappa shape index (κ2) is 7.94. The van der Waals surface area contributed by atoms with Gasteiger partial charge in [-0.15, -0.1) is 0 Å². The van der Waals surface area contributed by atoms with E-state index in [0.717, 1.165) is 16.0 Å². The summed E-state index contributed by atoms with van der Waals surface area (Å²) in [5, 5.41) is 23.0. The predicted molar refractivity (Wildman–Crippen MR) is 99.1 cm³/mol. The average molecular weight is 390 g/mol. The highest BCUT2D eigenvalue weighted by atomic mass is 35.5. The number of aliphatic hydroxyl groups excluding tert-OH is 1. The number of urea groups is 1. The van der Waals surface area contributed by atoms with Gasteiger partial charge in [-0.1, -0.05) is 41.9 Å². The topological polar surface area (TPSA) is 103 Å². The van der Waals surface area contributed by atoms with E-state index < -0.39 is 30.2 Å². The summed E-state index contributed by atoms with van der Waals surface area (Å²) in [5.74, 6) is -1.79. The zero-order valence-electron chi connectivity index (χ0n) is 14.6. The van der Waals surface area contributed by atoms with E-state index in [4.69, 9.17) is 11.6 Å². The van der Waals surface area contributed by atoms with E-state index in [2.05, 4.69) is 10.3 Å². The van der Waals surface area contributed by atoms with E-state index in [1.807, 2.05) is 30.3 Å². The first-order valence-corrected chi connectivity index (χ1v) is 8.91. The summed E-state index contributed by atoms with van der Waals surface area (Å²) in [7, 11) is 0. The number of pyridine rings is 1. The first-order valence-electron chi connectivity index (χ1n) is 8.53. The van der Waals surface area contributed by atoms with E-state index in [1.54, 1.807) is 19.1 Å². The molecule has 1 unspecified atom stereocenters. The number of hydrogen-bond acceptors (Lipinski definition) is 4. The van der Waals surface area contributed by atoms with Crippen molar-refractivity contribution in [3.63, 3.8) is 0 Å². The number of nitrogens with zero attached hydrogens (tertiary/aromatic N) is 2. The largest absolute Gasteiger partial charge is 0.480 e. The number of carboxylic acid groups (broad SMARTS) is 1. The van der Waals surface area contributed by atoms with Gasteiger partial charge in [0.25, 0.3) is 0 Å². The monoisotopic (exact) mass is 389 g/mol. The van der Waals surface area contributed by atoms with Crippen LogP contribution in [-0.2, 0) is 11.2 Å². The van der Waals surface area contributed by atoms with E-state index in [1.165, 1.54) is 6.20 Å². The Hall–Kier alpha value is -2.64. The number of benzene rings is 1. The molecule has 0 saturated carbocycles. The SMILES string of the molecule is C[C@@H](NC(=O)N1C(O)[C@H](Cc2ccnc(Cl)c2)[C@H]1C(=O)O)c1ccccc1. The summed E-state index contributed by atoms with van der Waals surface area (Å²) >= 11 is 5.85. The Balaban J connectivity index is 1.70. The Bertz CT molecular complexity index is 833. The molecule has 1 aliphatic rings. The average Bonchev–Trinajstić information content (AvgIpc) is 2.64. The number of carboxylic acids is 1. The van der Waals surface area contributed by atoms with Crippen molar-refractivity contribution in [2.45, 2.75) is 31.7 Å². The maximum Gasteiger partial charge on any atom is 0.327 e. The zero-order chi connectivity index (χ0) is 19.6. The van der Waals surface area contributed by atoms with Crippen LogP contribution in [0.25, 0.3) is 0 Å². The van der Waals surface area contributed by atoms with Crippen molar-refractivity contribution in [1.82, 2.24) is 15.2 Å². The molecule has 0 spiro atoms. The van der Waals surface area contributed by atoms with Crippen LogP contribution >= 0.6 is 11.6 Å². The highest BCUT2D eigenvalue weighted by Crippen LogP contribution is 2.34. The summed E-state index contributed by atoms with van der Waals surface area (Å²) in [6, 6.07) is 10.6. The number of amides is 2. The van der Waals surface area contributed by atoms with E-state index in [-0.39, 0.29) is 12.5 Å². The lowest BCUT2D eigenvalue weighted by Gasteiger charge is -2.50. The second-order valence-electron chi connectivity index (χ2n) is 6.54. The number of aromatic nitrogens is 1. The van der Waals surface area contributed by atoms with Crippen LogP contribution in [0.5, 0.6) is 0 Å². The Morgan fingerprint density at radius 3 is 2.63 bits per heavy atom. The molecule has 0 bridgehead atoms. The molecule has 1 aromatic carbocycles. The fraction of sp³-hybridized carbons (Fsp3) is 0.316. The summed E-state index contributed by atoms with van der Waals surface area (Å²) in [4.78, 5) is 29.1. The number of aliphatic hydroxyl groups is 1. The number of halogens is 1. The summed E-state index contributed by atoms with van der Waals surface area (Å²) in [5.41, 5.74) is 1.64. The van der Waals surface area contributed by atoms with Gasteiger partial charge >= 0.3 is 12.0 Å². The van der Waals surface area contributed by atoms with Gasteiger partial charge in [-0.2, -0.15) is 0 Å². The fourth-order valence-electron chi connectivity index (χ4n) is 3.33. The molecule has 2 aromatic rings. The van der Waals surface area contributed by atoms with Crippen molar-refractivity contribution in [2.24, 2.45) is 5.92 Å². The molecule has 3 rings (SSSR count). The van der Waals surface area contributed by atoms with Gasteiger partial charge in [0.05, 0.1) is 6.04 Å². The standard InChI is InChI=1S/C19H20ClN3O4/c1-11(13-5-3-2-4-6-13)22-19(27)23-16(18(25)26)14(17(23)24)9-12-7-8-21-15(20)10-12/h2-8,10-11,14,16-17,24H,9H2,1H3,(H,22,27)(H,25,26)/t11-,14-,16+,17?/m1/s1. The summed E-state index contributed by atoms with van der Waals surface area (Å²) in [6.45, 7) is 1.80. The summed E-state index contributed by atoms with van der Waals surface area (Å²) in [6.07, 6.45) is 0.601. The van der Waals surface area contributed by atoms with Gasteiger partial charge in [0, 0.05) is 12.1 Å². The molecule has 1 saturated heterocycles. The number of carbonyl (C=O) groups excluding carboxylic acids is 1. The number of nitrogens with one attached hydrogen (secondary N) is 1. The van der Waals surface area contributed by atoms with Crippen LogP contribution in [0.15, 0.2) is 48.7 Å². The van der Waals surface area contributed by atoms with Gasteiger partial charge in [0.2, 0.25) is 0 Å². The number of carbonyl (C=O) groups is 2. The maximum absolute atomic E-state index is 12.5. The molecule has 1 fully saturated rings. The predicted octanol–water partition coefficient (Wildman–Crippen LogP) is 2.45. The minimum Gasteiger partial charge on any atom is -0.480 e. The van der Waals surface area contributed by atoms with E-state index >= 15 is 0 Å². The molecule has 0 radical (unpaired) electrons. The Kier molecular flexibility index (Phi) is 5.62. The van der Waals surface area contributed by atoms with Gasteiger partial charge in [0.15, 0.2) is 0 Å². The van der Waals surface area contributed by atoms with Crippen molar-refractivity contribution in [3.05, 3.63) is 64.9 Å². The Morgan fingerprint density at radius 1 is 1.30 bits per heavy atom. The Labute approximate surface area is 161 Å². The third-order valence-electron chi connectivity index (χ3n) is 4.76. The highest BCUT2D eigenvalue weighted by Gasteiger charge is 2.54. The molecular formula is C19H20ClN3O4. The van der Waals surface area contributed by atoms with Gasteiger partial charge in [0.1, 0.15) is 17.4 Å². The molecule has 4 atom stereocenters. The number of aliphatic carboxylic acids is 1. The highest BCUT2D eigenvalue weighted by molar-refractivity contribution is 6.29. The van der Waals surface area contributed by atoms with Crippen LogP contribution in [0.3, 0.4) is 0 Å². The molecular weight excluding hydrogens is 370 g/mol. The van der Waals surface area contributed by atoms with E-state index in [0.29, 0.717) is 5.15 Å². The van der Waals surface area contributed by atoms with Gasteiger partial charge in [-0.25, -0.2) is 14.6 Å². The summed E-state index contributed by atoms with van der Waals surface area (Å²) < 4.78 is 0. The minimum atomic E-state index is -1.19. The molecule has 8 heteroatoms. The van der Waals surface area contributed by atoms with Crippen LogP contribution in [0.4, 0.5) is 4.79 Å². The molecule has 7 nitrogen and oxygen atoms in total. The fourth-order valence-corrected chi connectivity index (χ4v) is 3.53. The lowest BCUT2D eigenvalue weighted by Crippen LogP contribution is -2.71. The number of rotatable bonds is 5. The smallest absolute Gasteiger partial charge is 0.327 e. The number of likely N-dealkylation sites (tertiary alicyclic amines) is 1. The van der Waals surface area contributed by atoms with Crippen LogP contribution in [0.1, 0.15) is 24.1 Å². The first-order chi connectivity index (χ1) is 12.9. The maximum atomic E-state index is 12.5. The van der Waals surface area contributed by atoms with E-state index in [9.17, 15) is 19.8 Å².